The highest BCUT2D eigenvalue weighted by Crippen LogP contribution is 2.26. The van der Waals surface area contributed by atoms with E-state index in [4.69, 9.17) is 4.42 Å². The Morgan fingerprint density at radius 2 is 2.00 bits per heavy atom. The smallest absolute Gasteiger partial charge is 0.256 e. The molecule has 1 saturated heterocycles. The van der Waals surface area contributed by atoms with Crippen LogP contribution in [-0.4, -0.2) is 33.7 Å². The molecule has 152 valence electrons. The summed E-state index contributed by atoms with van der Waals surface area (Å²) in [4.78, 5) is 14.8. The molecule has 0 saturated carbocycles. The molecule has 29 heavy (non-hydrogen) atoms. The number of piperidine rings is 1. The number of anilines is 1. The van der Waals surface area contributed by atoms with Crippen molar-refractivity contribution in [2.75, 3.05) is 18.4 Å². The van der Waals surface area contributed by atoms with E-state index >= 15 is 0 Å². The number of nitrogens with one attached hydrogen (secondary N) is 1. The van der Waals surface area contributed by atoms with Gasteiger partial charge >= 0.3 is 0 Å². The summed E-state index contributed by atoms with van der Waals surface area (Å²) in [6.07, 6.45) is 4.46. The molecule has 1 N–H and O–H groups in total. The van der Waals surface area contributed by atoms with E-state index in [2.05, 4.69) is 28.3 Å². The summed E-state index contributed by atoms with van der Waals surface area (Å²) in [7, 11) is 0. The lowest BCUT2D eigenvalue weighted by atomic mass is 10.1. The third-order valence-corrected chi connectivity index (χ3v) is 5.35. The molecule has 1 aromatic carbocycles. The van der Waals surface area contributed by atoms with Crippen molar-refractivity contribution >= 4 is 11.7 Å². The van der Waals surface area contributed by atoms with Crippen LogP contribution >= 0.6 is 0 Å². The van der Waals surface area contributed by atoms with Gasteiger partial charge in [0.15, 0.2) is 0 Å². The van der Waals surface area contributed by atoms with E-state index in [1.807, 2.05) is 10.7 Å². The summed E-state index contributed by atoms with van der Waals surface area (Å²) >= 11 is 0. The van der Waals surface area contributed by atoms with Gasteiger partial charge in [0, 0.05) is 31.1 Å². The number of furan rings is 1. The minimum Gasteiger partial charge on any atom is -0.465 e. The van der Waals surface area contributed by atoms with Crippen LogP contribution in [0.25, 0.3) is 0 Å². The van der Waals surface area contributed by atoms with E-state index in [1.165, 1.54) is 18.2 Å². The van der Waals surface area contributed by atoms with E-state index in [-0.39, 0.29) is 17.5 Å². The summed E-state index contributed by atoms with van der Waals surface area (Å²) in [5, 5.41) is 7.28. The first kappa shape index (κ1) is 19.4. The van der Waals surface area contributed by atoms with Gasteiger partial charge in [-0.1, -0.05) is 13.0 Å². The zero-order valence-electron chi connectivity index (χ0n) is 16.5. The first-order valence-corrected chi connectivity index (χ1v) is 10.0. The number of aromatic nitrogens is 2. The van der Waals surface area contributed by atoms with Crippen LogP contribution in [0.5, 0.6) is 0 Å². The number of nitrogens with zero attached hydrogens (tertiary/aromatic N) is 3. The molecule has 3 heterocycles. The molecule has 1 amide bonds. The number of likely N-dealkylation sites (tertiary alicyclic amines) is 1. The van der Waals surface area contributed by atoms with E-state index in [0.29, 0.717) is 5.82 Å². The quantitative estimate of drug-likeness (QED) is 0.676. The van der Waals surface area contributed by atoms with Gasteiger partial charge in [0.2, 0.25) is 0 Å². The number of carbonyl (C=O) groups is 1. The third kappa shape index (κ3) is 4.56. The molecule has 0 aliphatic carbocycles. The highest BCUT2D eigenvalue weighted by atomic mass is 19.1. The number of halogens is 1. The molecule has 0 spiro atoms. The minimum atomic E-state index is -0.429. The lowest BCUT2D eigenvalue weighted by Crippen LogP contribution is -2.34. The van der Waals surface area contributed by atoms with Crippen LogP contribution in [0.2, 0.25) is 0 Å². The zero-order valence-corrected chi connectivity index (χ0v) is 16.5. The minimum absolute atomic E-state index is 0.215. The number of hydrogen-bond acceptors (Lipinski definition) is 4. The SMILES string of the molecule is CCc1ccc(CN2CCC(n3nccc3NC(=O)c3cccc(F)c3)CC2)o1. The Bertz CT molecular complexity index is 973. The molecule has 1 fully saturated rings. The Morgan fingerprint density at radius 1 is 1.21 bits per heavy atom. The lowest BCUT2D eigenvalue weighted by Gasteiger charge is -2.32. The Kier molecular flexibility index (Phi) is 5.76. The highest BCUT2D eigenvalue weighted by Gasteiger charge is 2.24. The number of hydrogen-bond donors (Lipinski definition) is 1. The maximum Gasteiger partial charge on any atom is 0.256 e. The van der Waals surface area contributed by atoms with Crippen molar-refractivity contribution in [3.05, 3.63) is 71.6 Å². The van der Waals surface area contributed by atoms with Crippen LogP contribution < -0.4 is 5.32 Å². The number of carbonyl (C=O) groups excluding carboxylic acids is 1. The topological polar surface area (TPSA) is 63.3 Å². The van der Waals surface area contributed by atoms with Crippen molar-refractivity contribution in [1.29, 1.82) is 0 Å². The van der Waals surface area contributed by atoms with Gasteiger partial charge in [0.1, 0.15) is 23.2 Å². The average Bonchev–Trinajstić information content (AvgIpc) is 3.38. The number of benzene rings is 1. The predicted octanol–water partition coefficient (Wildman–Crippen LogP) is 4.27. The standard InChI is InChI=1S/C22H25FN4O2/c1-2-19-6-7-20(29-19)15-26-12-9-18(10-13-26)27-21(8-11-24-27)25-22(28)16-4-3-5-17(23)14-16/h3-8,11,14,18H,2,9-10,12-13,15H2,1H3,(H,25,28). The maximum atomic E-state index is 13.4. The van der Waals surface area contributed by atoms with Crippen molar-refractivity contribution in [2.45, 2.75) is 38.8 Å². The van der Waals surface area contributed by atoms with Crippen LogP contribution in [0.1, 0.15) is 47.7 Å². The molecule has 1 aliphatic heterocycles. The van der Waals surface area contributed by atoms with Gasteiger partial charge in [0.25, 0.3) is 5.91 Å². The molecular formula is C22H25FN4O2. The second kappa shape index (κ2) is 8.61. The van der Waals surface area contributed by atoms with Gasteiger partial charge in [-0.05, 0) is 43.2 Å². The van der Waals surface area contributed by atoms with Crippen molar-refractivity contribution in [1.82, 2.24) is 14.7 Å². The maximum absolute atomic E-state index is 13.4. The van der Waals surface area contributed by atoms with Gasteiger partial charge in [0.05, 0.1) is 18.8 Å². The molecule has 3 aromatic rings. The molecule has 7 heteroatoms. The monoisotopic (exact) mass is 396 g/mol. The van der Waals surface area contributed by atoms with E-state index in [0.717, 1.165) is 50.4 Å². The second-order valence-electron chi connectivity index (χ2n) is 7.35. The van der Waals surface area contributed by atoms with Gasteiger partial charge < -0.3 is 9.73 Å². The molecular weight excluding hydrogens is 371 g/mol. The summed E-state index contributed by atoms with van der Waals surface area (Å²) in [5.74, 6) is 1.89. The molecule has 0 atom stereocenters. The van der Waals surface area contributed by atoms with E-state index < -0.39 is 5.82 Å². The Hall–Kier alpha value is -2.93. The van der Waals surface area contributed by atoms with E-state index in [1.54, 1.807) is 18.3 Å². The molecule has 0 bridgehead atoms. The number of amides is 1. The molecule has 6 nitrogen and oxygen atoms in total. The molecule has 1 aliphatic rings. The molecule has 0 radical (unpaired) electrons. The van der Waals surface area contributed by atoms with E-state index in [9.17, 15) is 9.18 Å². The van der Waals surface area contributed by atoms with Crippen molar-refractivity contribution < 1.29 is 13.6 Å². The van der Waals surface area contributed by atoms with Gasteiger partial charge in [-0.15, -0.1) is 0 Å². The van der Waals surface area contributed by atoms with Crippen LogP contribution in [0.15, 0.2) is 53.1 Å². The second-order valence-corrected chi connectivity index (χ2v) is 7.35. The van der Waals surface area contributed by atoms with Crippen LogP contribution in [-0.2, 0) is 13.0 Å². The highest BCUT2D eigenvalue weighted by molar-refractivity contribution is 6.03. The fourth-order valence-corrected chi connectivity index (χ4v) is 3.76. The zero-order chi connectivity index (χ0) is 20.2. The first-order valence-electron chi connectivity index (χ1n) is 10.0. The van der Waals surface area contributed by atoms with Gasteiger partial charge in [-0.25, -0.2) is 9.07 Å². The van der Waals surface area contributed by atoms with Gasteiger partial charge in [-0.2, -0.15) is 5.10 Å². The Balaban J connectivity index is 1.36. The summed E-state index contributed by atoms with van der Waals surface area (Å²) in [6, 6.07) is 11.8. The number of aryl methyl sites for hydroxylation is 1. The third-order valence-electron chi connectivity index (χ3n) is 5.35. The van der Waals surface area contributed by atoms with Crippen LogP contribution in [0.3, 0.4) is 0 Å². The fraction of sp³-hybridized carbons (Fsp3) is 0.364. The normalized spacial score (nSPS) is 15.5. The van der Waals surface area contributed by atoms with Crippen LogP contribution in [0, 0.1) is 5.82 Å². The van der Waals surface area contributed by atoms with Gasteiger partial charge in [-0.3, -0.25) is 9.69 Å². The molecule has 0 unspecified atom stereocenters. The molecule has 4 rings (SSSR count). The Morgan fingerprint density at radius 3 is 2.72 bits per heavy atom. The number of rotatable bonds is 6. The summed E-state index contributed by atoms with van der Waals surface area (Å²) < 4.78 is 21.1. The molecule has 2 aromatic heterocycles. The first-order chi connectivity index (χ1) is 14.1. The fourth-order valence-electron chi connectivity index (χ4n) is 3.76. The average molecular weight is 396 g/mol. The summed E-state index contributed by atoms with van der Waals surface area (Å²) in [5.41, 5.74) is 0.289. The Labute approximate surface area is 169 Å². The van der Waals surface area contributed by atoms with Crippen molar-refractivity contribution in [3.63, 3.8) is 0 Å². The largest absolute Gasteiger partial charge is 0.465 e. The van der Waals surface area contributed by atoms with Crippen LogP contribution in [0.4, 0.5) is 10.2 Å². The lowest BCUT2D eigenvalue weighted by molar-refractivity contribution is 0.102. The van der Waals surface area contributed by atoms with Crippen molar-refractivity contribution in [2.24, 2.45) is 0 Å². The predicted molar refractivity (Wildman–Crippen MR) is 108 cm³/mol. The van der Waals surface area contributed by atoms with Crippen molar-refractivity contribution in [3.8, 4) is 0 Å². The summed E-state index contributed by atoms with van der Waals surface area (Å²) in [6.45, 7) is 4.77.